The van der Waals surface area contributed by atoms with Gasteiger partial charge in [-0.25, -0.2) is 4.98 Å². The fraction of sp³-hybridized carbons (Fsp3) is 0.143. The Morgan fingerprint density at radius 3 is 3.30 bits per heavy atom. The Bertz CT molecular complexity index is 198. The standard InChI is InChI=1S/C7H7N2O/c1-2-5-10-7-3-4-8-6-9-7/h2-4H,1,5H2. The van der Waals surface area contributed by atoms with E-state index in [1.165, 1.54) is 0 Å². The minimum absolute atomic E-state index is 0.463. The van der Waals surface area contributed by atoms with Gasteiger partial charge in [0.25, 0.3) is 0 Å². The number of hydrogen-bond acceptors (Lipinski definition) is 3. The van der Waals surface area contributed by atoms with Gasteiger partial charge in [-0.1, -0.05) is 12.7 Å². The summed E-state index contributed by atoms with van der Waals surface area (Å²) in [5.41, 5.74) is 0. The maximum atomic E-state index is 5.05. The predicted molar refractivity (Wildman–Crippen MR) is 36.6 cm³/mol. The van der Waals surface area contributed by atoms with Crippen LogP contribution in [0.25, 0.3) is 0 Å². The van der Waals surface area contributed by atoms with Crippen molar-refractivity contribution in [3.05, 3.63) is 31.2 Å². The van der Waals surface area contributed by atoms with Crippen LogP contribution in [0, 0.1) is 6.33 Å². The van der Waals surface area contributed by atoms with Crippen molar-refractivity contribution >= 4 is 0 Å². The van der Waals surface area contributed by atoms with Gasteiger partial charge >= 0.3 is 0 Å². The highest BCUT2D eigenvalue weighted by Crippen LogP contribution is 1.99. The van der Waals surface area contributed by atoms with Crippen LogP contribution in [-0.4, -0.2) is 16.6 Å². The SMILES string of the molecule is C=CCOc1ccn[c]n1. The molecule has 0 aliphatic heterocycles. The predicted octanol–water partition coefficient (Wildman–Crippen LogP) is 0.842. The van der Waals surface area contributed by atoms with Crippen LogP contribution in [-0.2, 0) is 0 Å². The topological polar surface area (TPSA) is 35.0 Å². The summed E-state index contributed by atoms with van der Waals surface area (Å²) in [5.74, 6) is 0.523. The monoisotopic (exact) mass is 135 g/mol. The van der Waals surface area contributed by atoms with Gasteiger partial charge in [0, 0.05) is 12.3 Å². The Labute approximate surface area is 59.4 Å². The average Bonchev–Trinajstić information content (AvgIpc) is 2.03. The highest BCUT2D eigenvalue weighted by molar-refractivity contribution is 5.04. The van der Waals surface area contributed by atoms with E-state index in [1.807, 2.05) is 0 Å². The van der Waals surface area contributed by atoms with Gasteiger partial charge in [-0.3, -0.25) is 0 Å². The molecular formula is C7H7N2O. The van der Waals surface area contributed by atoms with Gasteiger partial charge in [0.15, 0.2) is 0 Å². The summed E-state index contributed by atoms with van der Waals surface area (Å²) in [6.45, 7) is 3.96. The summed E-state index contributed by atoms with van der Waals surface area (Å²) in [7, 11) is 0. The summed E-state index contributed by atoms with van der Waals surface area (Å²) >= 11 is 0. The van der Waals surface area contributed by atoms with Crippen molar-refractivity contribution in [3.8, 4) is 5.88 Å². The van der Waals surface area contributed by atoms with Crippen molar-refractivity contribution < 1.29 is 4.74 Å². The van der Waals surface area contributed by atoms with E-state index in [2.05, 4.69) is 22.9 Å². The molecule has 0 fully saturated rings. The van der Waals surface area contributed by atoms with Crippen LogP contribution in [0.4, 0.5) is 0 Å². The Morgan fingerprint density at radius 1 is 1.80 bits per heavy atom. The molecular weight excluding hydrogens is 128 g/mol. The molecule has 0 aromatic carbocycles. The highest BCUT2D eigenvalue weighted by Gasteiger charge is 1.88. The third-order valence-corrected chi connectivity index (χ3v) is 0.859. The molecule has 3 nitrogen and oxygen atoms in total. The van der Waals surface area contributed by atoms with E-state index in [0.717, 1.165) is 0 Å². The second-order valence-corrected chi connectivity index (χ2v) is 1.59. The molecule has 0 N–H and O–H groups in total. The van der Waals surface area contributed by atoms with Crippen molar-refractivity contribution in [1.29, 1.82) is 0 Å². The zero-order valence-corrected chi connectivity index (χ0v) is 5.45. The molecule has 0 spiro atoms. The third kappa shape index (κ3) is 1.85. The van der Waals surface area contributed by atoms with Gasteiger partial charge in [0.1, 0.15) is 6.61 Å². The molecule has 3 heteroatoms. The Balaban J connectivity index is 2.50. The summed E-state index contributed by atoms with van der Waals surface area (Å²) in [5, 5.41) is 0. The van der Waals surface area contributed by atoms with E-state index in [9.17, 15) is 0 Å². The normalized spacial score (nSPS) is 8.80. The smallest absolute Gasteiger partial charge is 0.217 e. The minimum atomic E-state index is 0.463. The van der Waals surface area contributed by atoms with Gasteiger partial charge in [-0.15, -0.1) is 0 Å². The lowest BCUT2D eigenvalue weighted by atomic mass is 10.6. The van der Waals surface area contributed by atoms with Crippen molar-refractivity contribution in [1.82, 2.24) is 9.97 Å². The number of ether oxygens (including phenoxy) is 1. The number of hydrogen-bond donors (Lipinski definition) is 0. The van der Waals surface area contributed by atoms with E-state index in [-0.39, 0.29) is 0 Å². The van der Waals surface area contributed by atoms with Crippen LogP contribution in [0.1, 0.15) is 0 Å². The van der Waals surface area contributed by atoms with Gasteiger partial charge in [0.05, 0.1) is 0 Å². The molecule has 0 amide bonds. The second kappa shape index (κ2) is 3.61. The maximum absolute atomic E-state index is 5.05. The first-order chi connectivity index (χ1) is 4.93. The zero-order valence-electron chi connectivity index (χ0n) is 5.45. The van der Waals surface area contributed by atoms with E-state index in [4.69, 9.17) is 4.74 Å². The van der Waals surface area contributed by atoms with Crippen LogP contribution in [0.15, 0.2) is 24.9 Å². The largest absolute Gasteiger partial charge is 0.473 e. The fourth-order valence-corrected chi connectivity index (χ4v) is 0.474. The molecule has 0 atom stereocenters. The average molecular weight is 135 g/mol. The zero-order chi connectivity index (χ0) is 7.23. The molecule has 1 aromatic rings. The molecule has 10 heavy (non-hydrogen) atoms. The van der Waals surface area contributed by atoms with Crippen molar-refractivity contribution in [3.63, 3.8) is 0 Å². The second-order valence-electron chi connectivity index (χ2n) is 1.59. The summed E-state index contributed by atoms with van der Waals surface area (Å²) in [6, 6.07) is 1.67. The molecule has 0 aliphatic carbocycles. The first kappa shape index (κ1) is 6.74. The maximum Gasteiger partial charge on any atom is 0.217 e. The number of rotatable bonds is 3. The molecule has 0 bridgehead atoms. The Hall–Kier alpha value is -1.38. The summed E-state index contributed by atoms with van der Waals surface area (Å²) < 4.78 is 5.05. The van der Waals surface area contributed by atoms with Gasteiger partial charge < -0.3 is 4.74 Å². The van der Waals surface area contributed by atoms with Crippen LogP contribution in [0.2, 0.25) is 0 Å². The van der Waals surface area contributed by atoms with Crippen molar-refractivity contribution in [2.75, 3.05) is 6.61 Å². The van der Waals surface area contributed by atoms with Crippen molar-refractivity contribution in [2.24, 2.45) is 0 Å². The molecule has 1 aromatic heterocycles. The van der Waals surface area contributed by atoms with Crippen LogP contribution < -0.4 is 4.74 Å². The van der Waals surface area contributed by atoms with E-state index >= 15 is 0 Å². The molecule has 51 valence electrons. The summed E-state index contributed by atoms with van der Waals surface area (Å²) in [6.07, 6.45) is 5.64. The van der Waals surface area contributed by atoms with Gasteiger partial charge in [-0.2, -0.15) is 4.98 Å². The third-order valence-electron chi connectivity index (χ3n) is 0.859. The lowest BCUT2D eigenvalue weighted by Gasteiger charge is -1.97. The lowest BCUT2D eigenvalue weighted by Crippen LogP contribution is -1.94. The van der Waals surface area contributed by atoms with Gasteiger partial charge in [-0.05, 0) is 0 Å². The highest BCUT2D eigenvalue weighted by atomic mass is 16.5. The van der Waals surface area contributed by atoms with Gasteiger partial charge in [0.2, 0.25) is 12.2 Å². The van der Waals surface area contributed by atoms with E-state index < -0.39 is 0 Å². The van der Waals surface area contributed by atoms with Crippen LogP contribution >= 0.6 is 0 Å². The fourth-order valence-electron chi connectivity index (χ4n) is 0.474. The Kier molecular flexibility index (Phi) is 2.43. The molecule has 1 rings (SSSR count). The lowest BCUT2D eigenvalue weighted by molar-refractivity contribution is 0.347. The quantitative estimate of drug-likeness (QED) is 0.576. The molecule has 0 aliphatic rings. The summed E-state index contributed by atoms with van der Waals surface area (Å²) in [4.78, 5) is 7.32. The molecule has 0 saturated carbocycles. The molecule has 0 unspecified atom stereocenters. The molecule has 1 radical (unpaired) electrons. The molecule has 0 saturated heterocycles. The van der Waals surface area contributed by atoms with E-state index in [1.54, 1.807) is 18.3 Å². The minimum Gasteiger partial charge on any atom is -0.473 e. The Morgan fingerprint density at radius 2 is 2.70 bits per heavy atom. The first-order valence-corrected chi connectivity index (χ1v) is 2.86. The molecule has 1 heterocycles. The van der Waals surface area contributed by atoms with Crippen LogP contribution in [0.3, 0.4) is 0 Å². The first-order valence-electron chi connectivity index (χ1n) is 2.86. The van der Waals surface area contributed by atoms with Crippen LogP contribution in [0.5, 0.6) is 5.88 Å². The van der Waals surface area contributed by atoms with E-state index in [0.29, 0.717) is 12.5 Å². The number of aromatic nitrogens is 2. The van der Waals surface area contributed by atoms with Crippen molar-refractivity contribution in [2.45, 2.75) is 0 Å². The number of nitrogens with zero attached hydrogens (tertiary/aromatic N) is 2.